The van der Waals surface area contributed by atoms with Crippen LogP contribution in [0.2, 0.25) is 0 Å². The highest BCUT2D eigenvalue weighted by Crippen LogP contribution is 2.27. The standard InChI is InChI=1S/C17H13F2NO2.C2H6/c1-2-22-17(21)16-15(19)13-8-5-11(9-14(13)20-16)10-3-6-12(18)7-4-10;1-2/h3-9,20H,2H2,1H3;1-2H3. The van der Waals surface area contributed by atoms with Crippen LogP contribution in [0.1, 0.15) is 31.3 Å². The molecule has 0 fully saturated rings. The molecule has 0 aliphatic heterocycles. The van der Waals surface area contributed by atoms with Crippen molar-refractivity contribution in [2.24, 2.45) is 0 Å². The Morgan fingerprint density at radius 2 is 1.67 bits per heavy atom. The molecule has 1 heterocycles. The molecule has 0 aliphatic carbocycles. The van der Waals surface area contributed by atoms with Gasteiger partial charge in [0.25, 0.3) is 0 Å². The van der Waals surface area contributed by atoms with Gasteiger partial charge >= 0.3 is 5.97 Å². The van der Waals surface area contributed by atoms with Crippen molar-refractivity contribution in [3.05, 3.63) is 59.8 Å². The smallest absolute Gasteiger partial charge is 0.357 e. The summed E-state index contributed by atoms with van der Waals surface area (Å²) in [6.07, 6.45) is 0. The number of hydrogen-bond donors (Lipinski definition) is 1. The second kappa shape index (κ2) is 7.73. The van der Waals surface area contributed by atoms with Gasteiger partial charge in [0.05, 0.1) is 6.61 Å². The topological polar surface area (TPSA) is 42.1 Å². The first-order valence-corrected chi connectivity index (χ1v) is 7.84. The van der Waals surface area contributed by atoms with Gasteiger partial charge in [-0.25, -0.2) is 13.6 Å². The van der Waals surface area contributed by atoms with Crippen LogP contribution in [-0.4, -0.2) is 17.6 Å². The second-order valence-corrected chi connectivity index (χ2v) is 4.80. The van der Waals surface area contributed by atoms with Crippen molar-refractivity contribution < 1.29 is 18.3 Å². The van der Waals surface area contributed by atoms with Gasteiger partial charge in [-0.15, -0.1) is 0 Å². The van der Waals surface area contributed by atoms with Gasteiger partial charge in [0.2, 0.25) is 0 Å². The summed E-state index contributed by atoms with van der Waals surface area (Å²) < 4.78 is 32.0. The minimum absolute atomic E-state index is 0.175. The van der Waals surface area contributed by atoms with Crippen LogP contribution in [0, 0.1) is 11.6 Å². The van der Waals surface area contributed by atoms with Gasteiger partial charge in [0.15, 0.2) is 11.5 Å². The van der Waals surface area contributed by atoms with Gasteiger partial charge in [-0.2, -0.15) is 0 Å². The molecular formula is C19H19F2NO2. The highest BCUT2D eigenvalue weighted by Gasteiger charge is 2.19. The maximum atomic E-state index is 14.2. The third-order valence-electron chi connectivity index (χ3n) is 3.39. The first-order valence-electron chi connectivity index (χ1n) is 7.84. The molecule has 1 aromatic heterocycles. The van der Waals surface area contributed by atoms with E-state index in [1.54, 1.807) is 37.3 Å². The van der Waals surface area contributed by atoms with Crippen molar-refractivity contribution in [1.29, 1.82) is 0 Å². The van der Waals surface area contributed by atoms with Gasteiger partial charge in [0, 0.05) is 10.9 Å². The van der Waals surface area contributed by atoms with Gasteiger partial charge in [-0.1, -0.05) is 32.0 Å². The van der Waals surface area contributed by atoms with E-state index in [0.717, 1.165) is 11.1 Å². The fourth-order valence-electron chi connectivity index (χ4n) is 2.33. The summed E-state index contributed by atoms with van der Waals surface area (Å²) in [6.45, 7) is 5.83. The van der Waals surface area contributed by atoms with Crippen molar-refractivity contribution in [3.63, 3.8) is 0 Å². The van der Waals surface area contributed by atoms with Crippen LogP contribution >= 0.6 is 0 Å². The van der Waals surface area contributed by atoms with Crippen LogP contribution in [0.25, 0.3) is 22.0 Å². The Hall–Kier alpha value is -2.69. The summed E-state index contributed by atoms with van der Waals surface area (Å²) in [7, 11) is 0. The van der Waals surface area contributed by atoms with Crippen LogP contribution in [0.3, 0.4) is 0 Å². The zero-order valence-electron chi connectivity index (χ0n) is 13.8. The van der Waals surface area contributed by atoms with E-state index >= 15 is 0 Å². The fourth-order valence-corrected chi connectivity index (χ4v) is 2.33. The number of carbonyl (C=O) groups excluding carboxylic acids is 1. The van der Waals surface area contributed by atoms with Crippen molar-refractivity contribution in [1.82, 2.24) is 4.98 Å². The molecule has 126 valence electrons. The summed E-state index contributed by atoms with van der Waals surface area (Å²) in [4.78, 5) is 14.4. The number of hydrogen-bond acceptors (Lipinski definition) is 2. The molecule has 0 saturated heterocycles. The van der Waals surface area contributed by atoms with Crippen LogP contribution in [0.4, 0.5) is 8.78 Å². The summed E-state index contributed by atoms with van der Waals surface area (Å²) in [6, 6.07) is 11.0. The Kier molecular flexibility index (Phi) is 5.68. The van der Waals surface area contributed by atoms with Gasteiger partial charge < -0.3 is 9.72 Å². The molecule has 0 atom stereocenters. The molecule has 0 unspecified atom stereocenters. The first kappa shape index (κ1) is 17.7. The number of carbonyl (C=O) groups is 1. The van der Waals surface area contributed by atoms with E-state index in [0.29, 0.717) is 10.9 Å². The molecule has 3 aromatic rings. The monoisotopic (exact) mass is 331 g/mol. The lowest BCUT2D eigenvalue weighted by atomic mass is 10.0. The molecular weight excluding hydrogens is 312 g/mol. The van der Waals surface area contributed by atoms with Crippen LogP contribution in [0.15, 0.2) is 42.5 Å². The summed E-state index contributed by atoms with van der Waals surface area (Å²) >= 11 is 0. The number of esters is 1. The lowest BCUT2D eigenvalue weighted by molar-refractivity contribution is 0.0515. The fraction of sp³-hybridized carbons (Fsp3) is 0.211. The van der Waals surface area contributed by atoms with E-state index in [1.807, 2.05) is 13.8 Å². The van der Waals surface area contributed by atoms with E-state index in [4.69, 9.17) is 4.74 Å². The Balaban J connectivity index is 0.00000100. The van der Waals surface area contributed by atoms with E-state index in [-0.39, 0.29) is 18.1 Å². The molecule has 2 aromatic carbocycles. The summed E-state index contributed by atoms with van der Waals surface area (Å²) in [5.74, 6) is -1.67. The molecule has 0 saturated carbocycles. The molecule has 0 bridgehead atoms. The van der Waals surface area contributed by atoms with Crippen LogP contribution < -0.4 is 0 Å². The predicted octanol–water partition coefficient (Wildman–Crippen LogP) is 5.32. The van der Waals surface area contributed by atoms with Gasteiger partial charge in [-0.3, -0.25) is 0 Å². The van der Waals surface area contributed by atoms with E-state index < -0.39 is 11.8 Å². The molecule has 3 nitrogen and oxygen atoms in total. The number of aromatic amines is 1. The highest BCUT2D eigenvalue weighted by molar-refractivity contribution is 5.96. The first-order chi connectivity index (χ1) is 11.6. The number of aromatic nitrogens is 1. The summed E-state index contributed by atoms with van der Waals surface area (Å²) in [5, 5.41) is 0.314. The van der Waals surface area contributed by atoms with Gasteiger partial charge in [0.1, 0.15) is 5.82 Å². The van der Waals surface area contributed by atoms with E-state index in [9.17, 15) is 13.6 Å². The van der Waals surface area contributed by atoms with Crippen molar-refractivity contribution in [2.75, 3.05) is 6.61 Å². The SMILES string of the molecule is CC.CCOC(=O)c1[nH]c2cc(-c3ccc(F)cc3)ccc2c1F. The van der Waals surface area contributed by atoms with Gasteiger partial charge in [-0.05, 0) is 42.3 Å². The minimum atomic E-state index is -0.723. The number of nitrogens with one attached hydrogen (secondary N) is 1. The normalized spacial score (nSPS) is 10.2. The highest BCUT2D eigenvalue weighted by atomic mass is 19.1. The Morgan fingerprint density at radius 1 is 1.04 bits per heavy atom. The molecule has 24 heavy (non-hydrogen) atoms. The Morgan fingerprint density at radius 3 is 2.29 bits per heavy atom. The third kappa shape index (κ3) is 3.45. The quantitative estimate of drug-likeness (QED) is 0.660. The molecule has 0 amide bonds. The number of halogens is 2. The molecule has 1 N–H and O–H groups in total. The third-order valence-corrected chi connectivity index (χ3v) is 3.39. The predicted molar refractivity (Wildman–Crippen MR) is 91.0 cm³/mol. The largest absolute Gasteiger partial charge is 0.461 e. The van der Waals surface area contributed by atoms with Crippen LogP contribution in [0.5, 0.6) is 0 Å². The van der Waals surface area contributed by atoms with Crippen molar-refractivity contribution in [2.45, 2.75) is 20.8 Å². The van der Waals surface area contributed by atoms with Crippen LogP contribution in [-0.2, 0) is 4.74 Å². The Labute approximate surface area is 139 Å². The Bertz CT molecular complexity index is 838. The zero-order chi connectivity index (χ0) is 17.7. The van der Waals surface area contributed by atoms with Crippen molar-refractivity contribution >= 4 is 16.9 Å². The average Bonchev–Trinajstić information content (AvgIpc) is 2.94. The molecule has 0 spiro atoms. The minimum Gasteiger partial charge on any atom is -0.461 e. The maximum Gasteiger partial charge on any atom is 0.357 e. The molecule has 0 aliphatic rings. The maximum absolute atomic E-state index is 14.2. The van der Waals surface area contributed by atoms with Crippen molar-refractivity contribution in [3.8, 4) is 11.1 Å². The number of fused-ring (bicyclic) bond motifs is 1. The summed E-state index contributed by atoms with van der Waals surface area (Å²) in [5.41, 5.74) is 1.90. The zero-order valence-corrected chi connectivity index (χ0v) is 13.8. The lowest BCUT2D eigenvalue weighted by Crippen LogP contribution is -2.06. The van der Waals surface area contributed by atoms with E-state index in [2.05, 4.69) is 4.98 Å². The lowest BCUT2D eigenvalue weighted by Gasteiger charge is -2.01. The number of H-pyrrole nitrogens is 1. The molecule has 5 heteroatoms. The average molecular weight is 331 g/mol. The number of benzene rings is 2. The number of ether oxygens (including phenoxy) is 1. The number of rotatable bonds is 3. The second-order valence-electron chi connectivity index (χ2n) is 4.80. The molecule has 0 radical (unpaired) electrons. The van der Waals surface area contributed by atoms with E-state index in [1.165, 1.54) is 12.1 Å². The molecule has 3 rings (SSSR count).